The van der Waals surface area contributed by atoms with Crippen LogP contribution < -0.4 is 0 Å². The van der Waals surface area contributed by atoms with Gasteiger partial charge < -0.3 is 13.6 Å². The standard InChI is InChI=1S/C16H14O4/c1-2-18-16(17)15-10-5-3-4-9-8-19-11-6-7-12(20-15)14(10)13(9)11/h6-8H,2-5H2,1H3. The number of esters is 1. The lowest BCUT2D eigenvalue weighted by atomic mass is 10.0. The van der Waals surface area contributed by atoms with Crippen molar-refractivity contribution >= 4 is 27.9 Å². The highest BCUT2D eigenvalue weighted by Gasteiger charge is 2.26. The third-order valence-electron chi connectivity index (χ3n) is 3.90. The Hall–Kier alpha value is -2.23. The molecule has 0 unspecified atom stereocenters. The number of hydrogen-bond donors (Lipinski definition) is 0. The van der Waals surface area contributed by atoms with Gasteiger partial charge in [0, 0.05) is 16.3 Å². The summed E-state index contributed by atoms with van der Waals surface area (Å²) in [6, 6.07) is 3.76. The van der Waals surface area contributed by atoms with Gasteiger partial charge in [0.15, 0.2) is 0 Å². The second-order valence-electron chi connectivity index (χ2n) is 5.06. The first-order valence-corrected chi connectivity index (χ1v) is 6.91. The van der Waals surface area contributed by atoms with Crippen LogP contribution in [0.15, 0.2) is 27.2 Å². The van der Waals surface area contributed by atoms with E-state index in [-0.39, 0.29) is 5.97 Å². The Labute approximate surface area is 115 Å². The van der Waals surface area contributed by atoms with Crippen LogP contribution in [0.4, 0.5) is 0 Å². The summed E-state index contributed by atoms with van der Waals surface area (Å²) in [5, 5.41) is 2.11. The summed E-state index contributed by atoms with van der Waals surface area (Å²) in [7, 11) is 0. The van der Waals surface area contributed by atoms with Gasteiger partial charge in [-0.1, -0.05) is 0 Å². The number of hydrogen-bond acceptors (Lipinski definition) is 4. The zero-order valence-corrected chi connectivity index (χ0v) is 11.2. The van der Waals surface area contributed by atoms with Crippen molar-refractivity contribution in [3.05, 3.63) is 35.3 Å². The van der Waals surface area contributed by atoms with Gasteiger partial charge in [-0.2, -0.15) is 0 Å². The third kappa shape index (κ3) is 1.45. The zero-order valence-electron chi connectivity index (χ0n) is 11.2. The van der Waals surface area contributed by atoms with Crippen molar-refractivity contribution in [1.82, 2.24) is 0 Å². The summed E-state index contributed by atoms with van der Waals surface area (Å²) < 4.78 is 16.4. The Morgan fingerprint density at radius 2 is 2.10 bits per heavy atom. The molecule has 1 aromatic carbocycles. The van der Waals surface area contributed by atoms with E-state index in [1.807, 2.05) is 18.4 Å². The van der Waals surface area contributed by atoms with Crippen LogP contribution in [0.25, 0.3) is 21.9 Å². The maximum absolute atomic E-state index is 12.1. The number of ether oxygens (including phenoxy) is 1. The quantitative estimate of drug-likeness (QED) is 0.664. The summed E-state index contributed by atoms with van der Waals surface area (Å²) >= 11 is 0. The predicted molar refractivity (Wildman–Crippen MR) is 74.0 cm³/mol. The lowest BCUT2D eigenvalue weighted by Gasteiger charge is -2.01. The van der Waals surface area contributed by atoms with Crippen molar-refractivity contribution < 1.29 is 18.4 Å². The monoisotopic (exact) mass is 270 g/mol. The highest BCUT2D eigenvalue weighted by atomic mass is 16.5. The van der Waals surface area contributed by atoms with Crippen LogP contribution in [0, 0.1) is 0 Å². The molecule has 0 saturated heterocycles. The van der Waals surface area contributed by atoms with Crippen molar-refractivity contribution in [1.29, 1.82) is 0 Å². The second kappa shape index (κ2) is 4.13. The Kier molecular flexibility index (Phi) is 2.39. The molecule has 20 heavy (non-hydrogen) atoms. The van der Waals surface area contributed by atoms with Crippen molar-refractivity contribution in [2.45, 2.75) is 26.2 Å². The SMILES string of the molecule is CCOC(=O)c1oc2ccc3occ4c3c2c1CCC4. The molecule has 0 bridgehead atoms. The van der Waals surface area contributed by atoms with Crippen LogP contribution in [0.2, 0.25) is 0 Å². The van der Waals surface area contributed by atoms with Crippen molar-refractivity contribution in [2.75, 3.05) is 6.61 Å². The zero-order chi connectivity index (χ0) is 13.7. The lowest BCUT2D eigenvalue weighted by Crippen LogP contribution is -2.06. The molecule has 0 fully saturated rings. The molecule has 4 rings (SSSR count). The molecule has 1 aliphatic rings. The van der Waals surface area contributed by atoms with E-state index in [9.17, 15) is 4.79 Å². The smallest absolute Gasteiger partial charge is 0.374 e. The first kappa shape index (κ1) is 11.6. The normalized spacial score (nSPS) is 14.1. The van der Waals surface area contributed by atoms with Gasteiger partial charge in [-0.25, -0.2) is 4.79 Å². The minimum Gasteiger partial charge on any atom is -0.464 e. The molecule has 0 saturated carbocycles. The number of furan rings is 2. The molecule has 102 valence electrons. The van der Waals surface area contributed by atoms with E-state index in [0.717, 1.165) is 46.8 Å². The molecular weight excluding hydrogens is 256 g/mol. The minimum atomic E-state index is -0.376. The summed E-state index contributed by atoms with van der Waals surface area (Å²) in [6.07, 6.45) is 4.58. The molecule has 0 amide bonds. The Balaban J connectivity index is 2.08. The van der Waals surface area contributed by atoms with Gasteiger partial charge in [0.2, 0.25) is 5.76 Å². The summed E-state index contributed by atoms with van der Waals surface area (Å²) in [5.74, 6) is -0.0257. The predicted octanol–water partition coefficient (Wildman–Crippen LogP) is 3.84. The van der Waals surface area contributed by atoms with E-state index in [2.05, 4.69) is 0 Å². The number of carbonyl (C=O) groups excluding carboxylic acids is 1. The van der Waals surface area contributed by atoms with Crippen molar-refractivity contribution in [3.63, 3.8) is 0 Å². The first-order valence-electron chi connectivity index (χ1n) is 6.91. The van der Waals surface area contributed by atoms with E-state index < -0.39 is 0 Å². The highest BCUT2D eigenvalue weighted by Crippen LogP contribution is 2.39. The van der Waals surface area contributed by atoms with Crippen LogP contribution in [0.5, 0.6) is 0 Å². The average molecular weight is 270 g/mol. The molecular formula is C16H14O4. The molecule has 4 nitrogen and oxygen atoms in total. The molecule has 0 atom stereocenters. The van der Waals surface area contributed by atoms with Gasteiger partial charge in [0.25, 0.3) is 0 Å². The van der Waals surface area contributed by atoms with Crippen LogP contribution >= 0.6 is 0 Å². The summed E-state index contributed by atoms with van der Waals surface area (Å²) in [6.45, 7) is 2.15. The van der Waals surface area contributed by atoms with Gasteiger partial charge in [0.05, 0.1) is 12.9 Å². The third-order valence-corrected chi connectivity index (χ3v) is 3.90. The fraction of sp³-hybridized carbons (Fsp3) is 0.312. The second-order valence-corrected chi connectivity index (χ2v) is 5.06. The first-order chi connectivity index (χ1) is 9.79. The molecule has 1 aliphatic carbocycles. The Bertz CT molecular complexity index is 822. The molecule has 2 aromatic heterocycles. The topological polar surface area (TPSA) is 52.6 Å². The van der Waals surface area contributed by atoms with E-state index in [1.54, 1.807) is 6.92 Å². The highest BCUT2D eigenvalue weighted by molar-refractivity contribution is 6.10. The van der Waals surface area contributed by atoms with Gasteiger partial charge in [0.1, 0.15) is 11.2 Å². The minimum absolute atomic E-state index is 0.349. The largest absolute Gasteiger partial charge is 0.464 e. The van der Waals surface area contributed by atoms with Crippen LogP contribution in [0.3, 0.4) is 0 Å². The fourth-order valence-electron chi connectivity index (χ4n) is 3.08. The lowest BCUT2D eigenvalue weighted by molar-refractivity contribution is 0.0491. The van der Waals surface area contributed by atoms with Gasteiger partial charge in [-0.15, -0.1) is 0 Å². The van der Waals surface area contributed by atoms with E-state index in [4.69, 9.17) is 13.6 Å². The molecule has 2 heterocycles. The maximum Gasteiger partial charge on any atom is 0.374 e. The number of aryl methyl sites for hydroxylation is 2. The average Bonchev–Trinajstić information content (AvgIpc) is 2.95. The Morgan fingerprint density at radius 3 is 2.95 bits per heavy atom. The summed E-state index contributed by atoms with van der Waals surface area (Å²) in [4.78, 5) is 12.1. The molecule has 0 N–H and O–H groups in total. The van der Waals surface area contributed by atoms with Crippen molar-refractivity contribution in [2.24, 2.45) is 0 Å². The van der Waals surface area contributed by atoms with Gasteiger partial charge >= 0.3 is 5.97 Å². The molecule has 0 spiro atoms. The van der Waals surface area contributed by atoms with E-state index in [1.165, 1.54) is 5.56 Å². The van der Waals surface area contributed by atoms with E-state index >= 15 is 0 Å². The molecule has 3 aromatic rings. The number of benzene rings is 1. The van der Waals surface area contributed by atoms with Gasteiger partial charge in [-0.05, 0) is 43.9 Å². The summed E-state index contributed by atoms with van der Waals surface area (Å²) in [5.41, 5.74) is 3.75. The maximum atomic E-state index is 12.1. The fourth-order valence-corrected chi connectivity index (χ4v) is 3.08. The number of rotatable bonds is 2. The van der Waals surface area contributed by atoms with Crippen molar-refractivity contribution in [3.8, 4) is 0 Å². The number of carbonyl (C=O) groups is 1. The van der Waals surface area contributed by atoms with Crippen LogP contribution in [0.1, 0.15) is 35.0 Å². The molecule has 0 aliphatic heterocycles. The Morgan fingerprint density at radius 1 is 1.25 bits per heavy atom. The van der Waals surface area contributed by atoms with Crippen LogP contribution in [-0.4, -0.2) is 12.6 Å². The van der Waals surface area contributed by atoms with Gasteiger partial charge in [-0.3, -0.25) is 0 Å². The van der Waals surface area contributed by atoms with E-state index in [0.29, 0.717) is 12.4 Å². The van der Waals surface area contributed by atoms with Crippen LogP contribution in [-0.2, 0) is 17.6 Å². The molecule has 4 heteroatoms. The molecule has 0 radical (unpaired) electrons.